The van der Waals surface area contributed by atoms with E-state index >= 15 is 0 Å². The van der Waals surface area contributed by atoms with Gasteiger partial charge >= 0.3 is 0 Å². The molecule has 0 radical (unpaired) electrons. The van der Waals surface area contributed by atoms with Crippen LogP contribution in [0.25, 0.3) is 10.1 Å². The number of benzene rings is 1. The average Bonchev–Trinajstić information content (AvgIpc) is 2.96. The summed E-state index contributed by atoms with van der Waals surface area (Å²) < 4.78 is 3.37. The van der Waals surface area contributed by atoms with Crippen molar-refractivity contribution in [2.75, 3.05) is 7.05 Å². The standard InChI is InChI=1S/C15H17N3S/c1-11-7-17-18(9-11)10-13-12-5-3-4-6-14(12)19-15(13)8-16-2/h3-7,9,16H,8,10H2,1-2H3. The van der Waals surface area contributed by atoms with Crippen LogP contribution in [0, 0.1) is 6.92 Å². The first-order chi connectivity index (χ1) is 9.28. The third-order valence-electron chi connectivity index (χ3n) is 3.20. The summed E-state index contributed by atoms with van der Waals surface area (Å²) in [7, 11) is 1.99. The second-order valence-electron chi connectivity index (χ2n) is 4.75. The highest BCUT2D eigenvalue weighted by molar-refractivity contribution is 7.19. The average molecular weight is 271 g/mol. The molecule has 1 N–H and O–H groups in total. The van der Waals surface area contributed by atoms with Gasteiger partial charge in [0.1, 0.15) is 0 Å². The van der Waals surface area contributed by atoms with E-state index in [-0.39, 0.29) is 0 Å². The van der Waals surface area contributed by atoms with E-state index in [0.29, 0.717) is 0 Å². The lowest BCUT2D eigenvalue weighted by Gasteiger charge is -2.05. The summed E-state index contributed by atoms with van der Waals surface area (Å²) in [5, 5.41) is 9.01. The molecule has 4 heteroatoms. The molecule has 1 aromatic carbocycles. The Balaban J connectivity index is 2.06. The number of fused-ring (bicyclic) bond motifs is 1. The molecule has 0 aliphatic rings. The molecule has 2 aromatic heterocycles. The molecule has 3 rings (SSSR count). The summed E-state index contributed by atoms with van der Waals surface area (Å²) in [6.45, 7) is 3.83. The monoisotopic (exact) mass is 271 g/mol. The molecular formula is C15H17N3S. The summed E-state index contributed by atoms with van der Waals surface area (Å²) >= 11 is 1.87. The van der Waals surface area contributed by atoms with Crippen LogP contribution in [0.5, 0.6) is 0 Å². The summed E-state index contributed by atoms with van der Waals surface area (Å²) in [4.78, 5) is 1.40. The number of hydrogen-bond acceptors (Lipinski definition) is 3. The van der Waals surface area contributed by atoms with Crippen molar-refractivity contribution in [1.82, 2.24) is 15.1 Å². The van der Waals surface area contributed by atoms with Gasteiger partial charge in [0.15, 0.2) is 0 Å². The van der Waals surface area contributed by atoms with Crippen LogP contribution in [0.4, 0.5) is 0 Å². The zero-order valence-electron chi connectivity index (χ0n) is 11.2. The maximum atomic E-state index is 4.40. The Kier molecular flexibility index (Phi) is 3.36. The van der Waals surface area contributed by atoms with Crippen LogP contribution < -0.4 is 5.32 Å². The predicted molar refractivity (Wildman–Crippen MR) is 80.7 cm³/mol. The molecule has 19 heavy (non-hydrogen) atoms. The lowest BCUT2D eigenvalue weighted by atomic mass is 10.1. The largest absolute Gasteiger partial charge is 0.315 e. The topological polar surface area (TPSA) is 29.9 Å². The first-order valence-electron chi connectivity index (χ1n) is 6.41. The molecule has 98 valence electrons. The van der Waals surface area contributed by atoms with Gasteiger partial charge in [0, 0.05) is 22.3 Å². The Hall–Kier alpha value is -1.65. The molecule has 0 aliphatic carbocycles. The Bertz CT molecular complexity index is 696. The number of aryl methyl sites for hydroxylation is 1. The molecule has 2 heterocycles. The zero-order valence-corrected chi connectivity index (χ0v) is 12.0. The molecule has 0 unspecified atom stereocenters. The molecule has 0 saturated carbocycles. The number of hydrogen-bond donors (Lipinski definition) is 1. The number of aromatic nitrogens is 2. The van der Waals surface area contributed by atoms with E-state index in [1.165, 1.54) is 26.1 Å². The molecule has 0 aliphatic heterocycles. The summed E-state index contributed by atoms with van der Waals surface area (Å²) in [5.74, 6) is 0. The van der Waals surface area contributed by atoms with Crippen LogP contribution in [-0.4, -0.2) is 16.8 Å². The maximum Gasteiger partial charge on any atom is 0.0676 e. The van der Waals surface area contributed by atoms with Crippen LogP contribution in [0.2, 0.25) is 0 Å². The van der Waals surface area contributed by atoms with E-state index < -0.39 is 0 Å². The molecular weight excluding hydrogens is 254 g/mol. The third kappa shape index (κ3) is 2.41. The molecule has 0 saturated heterocycles. The van der Waals surface area contributed by atoms with Crippen molar-refractivity contribution in [3.63, 3.8) is 0 Å². The van der Waals surface area contributed by atoms with Gasteiger partial charge in [-0.25, -0.2) is 0 Å². The first-order valence-corrected chi connectivity index (χ1v) is 7.22. The van der Waals surface area contributed by atoms with Gasteiger partial charge in [-0.15, -0.1) is 11.3 Å². The predicted octanol–water partition coefficient (Wildman–Crippen LogP) is 3.17. The van der Waals surface area contributed by atoms with Crippen LogP contribution >= 0.6 is 11.3 Å². The fourth-order valence-corrected chi connectivity index (χ4v) is 3.57. The molecule has 0 bridgehead atoms. The Morgan fingerprint density at radius 1 is 1.32 bits per heavy atom. The van der Waals surface area contributed by atoms with Crippen molar-refractivity contribution < 1.29 is 0 Å². The molecule has 0 fully saturated rings. The van der Waals surface area contributed by atoms with Gasteiger partial charge in [0.2, 0.25) is 0 Å². The highest BCUT2D eigenvalue weighted by Crippen LogP contribution is 2.31. The van der Waals surface area contributed by atoms with Crippen LogP contribution in [0.3, 0.4) is 0 Å². The molecule has 0 spiro atoms. The Labute approximate surface area is 116 Å². The lowest BCUT2D eigenvalue weighted by molar-refractivity contribution is 0.682. The van der Waals surface area contributed by atoms with Crippen molar-refractivity contribution in [2.24, 2.45) is 0 Å². The SMILES string of the molecule is CNCc1sc2ccccc2c1Cn1cc(C)cn1. The van der Waals surface area contributed by atoms with Crippen LogP contribution in [0.15, 0.2) is 36.7 Å². The van der Waals surface area contributed by atoms with Crippen molar-refractivity contribution in [1.29, 1.82) is 0 Å². The normalized spacial score (nSPS) is 11.3. The highest BCUT2D eigenvalue weighted by Gasteiger charge is 2.12. The summed E-state index contributed by atoms with van der Waals surface area (Å²) in [5.41, 5.74) is 2.59. The minimum absolute atomic E-state index is 0.842. The van der Waals surface area contributed by atoms with Gasteiger partial charge in [0.05, 0.1) is 12.7 Å². The lowest BCUT2D eigenvalue weighted by Crippen LogP contribution is -2.08. The van der Waals surface area contributed by atoms with E-state index in [9.17, 15) is 0 Å². The third-order valence-corrected chi connectivity index (χ3v) is 4.41. The van der Waals surface area contributed by atoms with Crippen molar-refractivity contribution in [3.05, 3.63) is 52.7 Å². The second-order valence-corrected chi connectivity index (χ2v) is 5.88. The maximum absolute atomic E-state index is 4.40. The van der Waals surface area contributed by atoms with Crippen LogP contribution in [-0.2, 0) is 13.1 Å². The number of thiophene rings is 1. The Morgan fingerprint density at radius 2 is 2.16 bits per heavy atom. The van der Waals surface area contributed by atoms with Crippen molar-refractivity contribution in [3.8, 4) is 0 Å². The molecule has 0 atom stereocenters. The second kappa shape index (κ2) is 5.15. The fraction of sp³-hybridized carbons (Fsp3) is 0.267. The fourth-order valence-electron chi connectivity index (χ4n) is 2.34. The minimum atomic E-state index is 0.842. The van der Waals surface area contributed by atoms with E-state index in [4.69, 9.17) is 0 Å². The van der Waals surface area contributed by atoms with E-state index in [1.54, 1.807) is 0 Å². The van der Waals surface area contributed by atoms with E-state index in [1.807, 2.05) is 29.3 Å². The van der Waals surface area contributed by atoms with Gasteiger partial charge in [-0.1, -0.05) is 18.2 Å². The van der Waals surface area contributed by atoms with Crippen molar-refractivity contribution >= 4 is 21.4 Å². The summed E-state index contributed by atoms with van der Waals surface area (Å²) in [6.07, 6.45) is 4.00. The smallest absolute Gasteiger partial charge is 0.0676 e. The van der Waals surface area contributed by atoms with E-state index in [0.717, 1.165) is 13.1 Å². The Morgan fingerprint density at radius 3 is 2.89 bits per heavy atom. The van der Waals surface area contributed by atoms with Crippen molar-refractivity contribution in [2.45, 2.75) is 20.0 Å². The van der Waals surface area contributed by atoms with Gasteiger partial charge in [-0.05, 0) is 36.6 Å². The quantitative estimate of drug-likeness (QED) is 0.790. The van der Waals surface area contributed by atoms with Crippen LogP contribution in [0.1, 0.15) is 16.0 Å². The zero-order chi connectivity index (χ0) is 13.2. The minimum Gasteiger partial charge on any atom is -0.315 e. The van der Waals surface area contributed by atoms with Gasteiger partial charge < -0.3 is 5.32 Å². The van der Waals surface area contributed by atoms with E-state index in [2.05, 4.69) is 47.8 Å². The van der Waals surface area contributed by atoms with Gasteiger partial charge in [0.25, 0.3) is 0 Å². The summed E-state index contributed by atoms with van der Waals surface area (Å²) in [6, 6.07) is 8.60. The molecule has 3 nitrogen and oxygen atoms in total. The van der Waals surface area contributed by atoms with Gasteiger partial charge in [-0.3, -0.25) is 4.68 Å². The van der Waals surface area contributed by atoms with Gasteiger partial charge in [-0.2, -0.15) is 5.10 Å². The molecule has 3 aromatic rings. The first kappa shape index (κ1) is 12.4. The number of nitrogens with one attached hydrogen (secondary N) is 1. The highest BCUT2D eigenvalue weighted by atomic mass is 32.1. The number of rotatable bonds is 4. The number of nitrogens with zero attached hydrogens (tertiary/aromatic N) is 2. The molecule has 0 amide bonds.